The molecule has 132 valence electrons. The fraction of sp³-hybridized carbons (Fsp3) is 0.222. The van der Waals surface area contributed by atoms with E-state index in [1.165, 1.54) is 42.5 Å². The summed E-state index contributed by atoms with van der Waals surface area (Å²) in [5.41, 5.74) is 6.82. The van der Waals surface area contributed by atoms with Crippen molar-refractivity contribution < 1.29 is 23.5 Å². The Kier molecular flexibility index (Phi) is 6.33. The van der Waals surface area contributed by atoms with Crippen molar-refractivity contribution in [3.8, 4) is 5.75 Å². The molecule has 0 fully saturated rings. The molecule has 1 amide bonds. The van der Waals surface area contributed by atoms with Crippen LogP contribution in [-0.4, -0.2) is 25.1 Å². The van der Waals surface area contributed by atoms with Crippen molar-refractivity contribution in [3.05, 3.63) is 53.8 Å². The van der Waals surface area contributed by atoms with Crippen molar-refractivity contribution in [1.29, 1.82) is 0 Å². The Hall–Kier alpha value is -3.09. The first-order chi connectivity index (χ1) is 12.0. The molecule has 0 heterocycles. The summed E-state index contributed by atoms with van der Waals surface area (Å²) < 4.78 is 23.2. The minimum Gasteiger partial charge on any atom is -0.482 e. The predicted octanol–water partition coefficient (Wildman–Crippen LogP) is 2.99. The molecule has 7 heteroatoms. The molecule has 2 aromatic rings. The van der Waals surface area contributed by atoms with Crippen molar-refractivity contribution in [2.75, 3.05) is 24.3 Å². The van der Waals surface area contributed by atoms with Gasteiger partial charge in [-0.25, -0.2) is 9.18 Å². The molecule has 6 nitrogen and oxygen atoms in total. The molecule has 0 aliphatic carbocycles. The highest BCUT2D eigenvalue weighted by Crippen LogP contribution is 2.23. The number of hydrogen-bond donors (Lipinski definition) is 2. The van der Waals surface area contributed by atoms with E-state index in [2.05, 4.69) is 5.32 Å². The van der Waals surface area contributed by atoms with Gasteiger partial charge in [0.15, 0.2) is 6.61 Å². The SMILES string of the molecule is CCCOC(=O)c1ccc(N)c(OCC(=O)Nc2ccc(F)cc2)c1. The van der Waals surface area contributed by atoms with Gasteiger partial charge in [-0.15, -0.1) is 0 Å². The van der Waals surface area contributed by atoms with E-state index in [9.17, 15) is 14.0 Å². The van der Waals surface area contributed by atoms with Crippen LogP contribution in [0.5, 0.6) is 5.75 Å². The number of nitrogens with two attached hydrogens (primary N) is 1. The second kappa shape index (κ2) is 8.68. The number of carbonyl (C=O) groups is 2. The third-order valence-electron chi connectivity index (χ3n) is 3.17. The number of benzene rings is 2. The molecule has 0 saturated carbocycles. The number of anilines is 2. The van der Waals surface area contributed by atoms with Crippen LogP contribution in [0.3, 0.4) is 0 Å². The van der Waals surface area contributed by atoms with E-state index < -0.39 is 17.7 Å². The molecule has 25 heavy (non-hydrogen) atoms. The highest BCUT2D eigenvalue weighted by molar-refractivity contribution is 5.92. The van der Waals surface area contributed by atoms with E-state index in [4.69, 9.17) is 15.2 Å². The number of nitrogen functional groups attached to an aromatic ring is 1. The average Bonchev–Trinajstić information content (AvgIpc) is 2.61. The molecule has 0 atom stereocenters. The van der Waals surface area contributed by atoms with Crippen LogP contribution >= 0.6 is 0 Å². The van der Waals surface area contributed by atoms with Crippen molar-refractivity contribution in [1.82, 2.24) is 0 Å². The van der Waals surface area contributed by atoms with Gasteiger partial charge >= 0.3 is 5.97 Å². The molecule has 3 N–H and O–H groups in total. The Labute approximate surface area is 144 Å². The number of amides is 1. The van der Waals surface area contributed by atoms with Crippen molar-refractivity contribution >= 4 is 23.3 Å². The summed E-state index contributed by atoms with van der Waals surface area (Å²) in [6.07, 6.45) is 0.716. The Balaban J connectivity index is 1.96. The second-order valence-electron chi connectivity index (χ2n) is 5.23. The largest absolute Gasteiger partial charge is 0.482 e. The first kappa shape index (κ1) is 18.3. The van der Waals surface area contributed by atoms with Gasteiger partial charge in [-0.1, -0.05) is 6.92 Å². The van der Waals surface area contributed by atoms with Crippen LogP contribution in [-0.2, 0) is 9.53 Å². The summed E-state index contributed by atoms with van der Waals surface area (Å²) in [5.74, 6) is -1.11. The van der Waals surface area contributed by atoms with Crippen molar-refractivity contribution in [2.24, 2.45) is 0 Å². The normalized spacial score (nSPS) is 10.2. The first-order valence-corrected chi connectivity index (χ1v) is 7.74. The summed E-state index contributed by atoms with van der Waals surface area (Å²) in [6.45, 7) is 1.90. The maximum Gasteiger partial charge on any atom is 0.338 e. The van der Waals surface area contributed by atoms with Crippen LogP contribution in [0.25, 0.3) is 0 Å². The number of nitrogens with one attached hydrogen (secondary N) is 1. The number of esters is 1. The molecule has 0 radical (unpaired) electrons. The summed E-state index contributed by atoms with van der Waals surface area (Å²) >= 11 is 0. The van der Waals surface area contributed by atoms with E-state index in [0.29, 0.717) is 24.4 Å². The third kappa shape index (κ3) is 5.49. The predicted molar refractivity (Wildman–Crippen MR) is 92.0 cm³/mol. The van der Waals surface area contributed by atoms with Crippen molar-refractivity contribution in [2.45, 2.75) is 13.3 Å². The quantitative estimate of drug-likeness (QED) is 0.594. The van der Waals surface area contributed by atoms with Gasteiger partial charge in [0.2, 0.25) is 0 Å². The van der Waals surface area contributed by atoms with Gasteiger partial charge in [-0.2, -0.15) is 0 Å². The molecule has 0 spiro atoms. The van der Waals surface area contributed by atoms with Gasteiger partial charge in [0, 0.05) is 5.69 Å². The van der Waals surface area contributed by atoms with Gasteiger partial charge in [0.1, 0.15) is 11.6 Å². The summed E-state index contributed by atoms with van der Waals surface area (Å²) in [5, 5.41) is 2.56. The first-order valence-electron chi connectivity index (χ1n) is 7.74. The van der Waals surface area contributed by atoms with Crippen molar-refractivity contribution in [3.63, 3.8) is 0 Å². The Morgan fingerprint density at radius 3 is 2.56 bits per heavy atom. The molecule has 2 aromatic carbocycles. The minimum absolute atomic E-state index is 0.209. The summed E-state index contributed by atoms with van der Waals surface area (Å²) in [7, 11) is 0. The molecule has 0 unspecified atom stereocenters. The lowest BCUT2D eigenvalue weighted by atomic mass is 10.2. The second-order valence-corrected chi connectivity index (χ2v) is 5.23. The number of rotatable bonds is 7. The molecular formula is C18H19FN2O4. The van der Waals surface area contributed by atoms with Crippen LogP contribution in [0, 0.1) is 5.82 Å². The zero-order valence-electron chi connectivity index (χ0n) is 13.8. The van der Waals surface area contributed by atoms with Crippen LogP contribution in [0.1, 0.15) is 23.7 Å². The van der Waals surface area contributed by atoms with Crippen LogP contribution in [0.2, 0.25) is 0 Å². The number of carbonyl (C=O) groups excluding carboxylic acids is 2. The van der Waals surface area contributed by atoms with E-state index in [1.54, 1.807) is 0 Å². The molecule has 2 rings (SSSR count). The number of halogens is 1. The summed E-state index contributed by atoms with van der Waals surface area (Å²) in [6, 6.07) is 9.81. The lowest BCUT2D eigenvalue weighted by molar-refractivity contribution is -0.118. The third-order valence-corrected chi connectivity index (χ3v) is 3.17. The van der Waals surface area contributed by atoms with Gasteiger partial charge in [-0.3, -0.25) is 4.79 Å². The van der Waals surface area contributed by atoms with Gasteiger partial charge < -0.3 is 20.5 Å². The maximum atomic E-state index is 12.8. The van der Waals surface area contributed by atoms with E-state index in [1.807, 2.05) is 6.92 Å². The lowest BCUT2D eigenvalue weighted by Crippen LogP contribution is -2.20. The summed E-state index contributed by atoms with van der Waals surface area (Å²) in [4.78, 5) is 23.7. The van der Waals surface area contributed by atoms with E-state index in [-0.39, 0.29) is 17.9 Å². The zero-order chi connectivity index (χ0) is 18.2. The fourth-order valence-electron chi connectivity index (χ4n) is 1.94. The Morgan fingerprint density at radius 2 is 1.88 bits per heavy atom. The zero-order valence-corrected chi connectivity index (χ0v) is 13.8. The van der Waals surface area contributed by atoms with Crippen LogP contribution in [0.15, 0.2) is 42.5 Å². The highest BCUT2D eigenvalue weighted by Gasteiger charge is 2.12. The Morgan fingerprint density at radius 1 is 1.16 bits per heavy atom. The lowest BCUT2D eigenvalue weighted by Gasteiger charge is -2.11. The average molecular weight is 346 g/mol. The Bertz CT molecular complexity index is 747. The molecular weight excluding hydrogens is 327 g/mol. The highest BCUT2D eigenvalue weighted by atomic mass is 19.1. The number of hydrogen-bond acceptors (Lipinski definition) is 5. The molecule has 0 aromatic heterocycles. The van der Waals surface area contributed by atoms with Crippen LogP contribution in [0.4, 0.5) is 15.8 Å². The van der Waals surface area contributed by atoms with Gasteiger partial charge in [0.05, 0.1) is 17.9 Å². The van der Waals surface area contributed by atoms with Gasteiger partial charge in [0.25, 0.3) is 5.91 Å². The van der Waals surface area contributed by atoms with Crippen LogP contribution < -0.4 is 15.8 Å². The topological polar surface area (TPSA) is 90.7 Å². The van der Waals surface area contributed by atoms with E-state index in [0.717, 1.165) is 0 Å². The maximum absolute atomic E-state index is 12.8. The standard InChI is InChI=1S/C18H19FN2O4/c1-2-9-24-18(23)12-3-8-15(20)16(10-12)25-11-17(22)21-14-6-4-13(19)5-7-14/h3-8,10H,2,9,11,20H2,1H3,(H,21,22). The molecule has 0 aliphatic heterocycles. The fourth-order valence-corrected chi connectivity index (χ4v) is 1.94. The van der Waals surface area contributed by atoms with Gasteiger partial charge in [-0.05, 0) is 48.9 Å². The monoisotopic (exact) mass is 346 g/mol. The number of ether oxygens (including phenoxy) is 2. The smallest absolute Gasteiger partial charge is 0.338 e. The van der Waals surface area contributed by atoms with E-state index >= 15 is 0 Å². The molecule has 0 bridgehead atoms. The molecule has 0 aliphatic rings. The molecule has 0 saturated heterocycles. The minimum atomic E-state index is -0.484.